The molecule has 2 aromatic carbocycles. The second-order valence-electron chi connectivity index (χ2n) is 4.93. The summed E-state index contributed by atoms with van der Waals surface area (Å²) in [5, 5.41) is 10.6. The van der Waals surface area contributed by atoms with E-state index in [0.29, 0.717) is 10.5 Å². The molecule has 0 atom stereocenters. The summed E-state index contributed by atoms with van der Waals surface area (Å²) < 4.78 is 5.01. The first-order chi connectivity index (χ1) is 11.0. The number of esters is 1. The number of aromatic hydroxyl groups is 1. The zero-order chi connectivity index (χ0) is 17.0. The van der Waals surface area contributed by atoms with Crippen LogP contribution in [0.15, 0.2) is 35.2 Å². The van der Waals surface area contributed by atoms with Crippen molar-refractivity contribution in [3.63, 3.8) is 0 Å². The molecule has 0 aliphatic carbocycles. The Kier molecular flexibility index (Phi) is 5.97. The maximum Gasteiger partial charge on any atom is 0.343 e. The quantitative estimate of drug-likeness (QED) is 0.596. The third-order valence-electron chi connectivity index (χ3n) is 3.58. The molecule has 0 fully saturated rings. The van der Waals surface area contributed by atoms with Gasteiger partial charge >= 0.3 is 5.97 Å². The second-order valence-corrected chi connectivity index (χ2v) is 6.16. The molecule has 23 heavy (non-hydrogen) atoms. The Balaban J connectivity index is 2.58. The van der Waals surface area contributed by atoms with Crippen molar-refractivity contribution in [1.82, 2.24) is 0 Å². The molecule has 0 saturated heterocycles. The minimum absolute atomic E-state index is 0.123. The first-order valence-electron chi connectivity index (χ1n) is 7.39. The lowest BCUT2D eigenvalue weighted by Crippen LogP contribution is -2.07. The van der Waals surface area contributed by atoms with Gasteiger partial charge < -0.3 is 9.84 Å². The van der Waals surface area contributed by atoms with Crippen molar-refractivity contribution in [2.75, 3.05) is 12.9 Å². The van der Waals surface area contributed by atoms with Crippen molar-refractivity contribution in [2.24, 2.45) is 0 Å². The standard InChI is InChI=1S/C18H19ClO3S/c1-4-11-6-8-12(9-7-11)13-10-14(23-3)15(17(20)16(13)19)18(21)22-5-2/h6-10,20H,4-5H2,1-3H3. The van der Waals surface area contributed by atoms with Crippen molar-refractivity contribution < 1.29 is 14.6 Å². The van der Waals surface area contributed by atoms with Crippen LogP contribution in [-0.4, -0.2) is 23.9 Å². The molecule has 0 unspecified atom stereocenters. The molecule has 2 aromatic rings. The molecule has 0 aliphatic rings. The van der Waals surface area contributed by atoms with Crippen LogP contribution in [0.2, 0.25) is 5.02 Å². The van der Waals surface area contributed by atoms with Crippen LogP contribution in [0, 0.1) is 0 Å². The lowest BCUT2D eigenvalue weighted by Gasteiger charge is -2.14. The van der Waals surface area contributed by atoms with Gasteiger partial charge in [0.25, 0.3) is 0 Å². The Hall–Kier alpha value is -1.65. The molecule has 122 valence electrons. The van der Waals surface area contributed by atoms with E-state index in [2.05, 4.69) is 6.92 Å². The largest absolute Gasteiger partial charge is 0.505 e. The fourth-order valence-electron chi connectivity index (χ4n) is 2.31. The molecule has 3 nitrogen and oxygen atoms in total. The lowest BCUT2D eigenvalue weighted by atomic mass is 10.0. The summed E-state index contributed by atoms with van der Waals surface area (Å²) in [7, 11) is 0. The van der Waals surface area contributed by atoms with Crippen molar-refractivity contribution in [3.05, 3.63) is 46.5 Å². The van der Waals surface area contributed by atoms with Crippen LogP contribution < -0.4 is 0 Å². The molecule has 0 aromatic heterocycles. The highest BCUT2D eigenvalue weighted by atomic mass is 35.5. The molecule has 0 aliphatic heterocycles. The lowest BCUT2D eigenvalue weighted by molar-refractivity contribution is 0.0519. The number of phenolic OH excluding ortho intramolecular Hbond substituents is 1. The summed E-state index contributed by atoms with van der Waals surface area (Å²) in [5.74, 6) is -0.796. The third kappa shape index (κ3) is 3.65. The topological polar surface area (TPSA) is 46.5 Å². The van der Waals surface area contributed by atoms with Crippen LogP contribution in [-0.2, 0) is 11.2 Å². The number of benzene rings is 2. The number of ether oxygens (including phenoxy) is 1. The van der Waals surface area contributed by atoms with Gasteiger partial charge in [0, 0.05) is 10.5 Å². The first kappa shape index (κ1) is 17.7. The van der Waals surface area contributed by atoms with E-state index in [0.717, 1.165) is 12.0 Å². The summed E-state index contributed by atoms with van der Waals surface area (Å²) >= 11 is 7.68. The first-order valence-corrected chi connectivity index (χ1v) is 8.99. The van der Waals surface area contributed by atoms with Crippen LogP contribution in [0.5, 0.6) is 5.75 Å². The zero-order valence-corrected chi connectivity index (χ0v) is 14.9. The van der Waals surface area contributed by atoms with Crippen LogP contribution in [0.25, 0.3) is 11.1 Å². The maximum absolute atomic E-state index is 12.1. The highest BCUT2D eigenvalue weighted by molar-refractivity contribution is 7.98. The van der Waals surface area contributed by atoms with Gasteiger partial charge in [0.1, 0.15) is 11.3 Å². The summed E-state index contributed by atoms with van der Waals surface area (Å²) in [4.78, 5) is 12.7. The van der Waals surface area contributed by atoms with E-state index in [1.807, 2.05) is 36.6 Å². The van der Waals surface area contributed by atoms with E-state index in [4.69, 9.17) is 16.3 Å². The van der Waals surface area contributed by atoms with E-state index in [9.17, 15) is 9.90 Å². The monoisotopic (exact) mass is 350 g/mol. The molecule has 2 rings (SSSR count). The van der Waals surface area contributed by atoms with Crippen LogP contribution in [0.1, 0.15) is 29.8 Å². The van der Waals surface area contributed by atoms with E-state index in [-0.39, 0.29) is 22.9 Å². The van der Waals surface area contributed by atoms with Gasteiger partial charge in [-0.3, -0.25) is 0 Å². The predicted octanol–water partition coefficient (Wildman–Crippen LogP) is 5.17. The molecule has 0 bridgehead atoms. The van der Waals surface area contributed by atoms with Crippen molar-refractivity contribution >= 4 is 29.3 Å². The Morgan fingerprint density at radius 3 is 2.43 bits per heavy atom. The molecule has 1 N–H and O–H groups in total. The minimum Gasteiger partial charge on any atom is -0.505 e. The summed E-state index contributed by atoms with van der Waals surface area (Å²) in [6.07, 6.45) is 2.80. The summed E-state index contributed by atoms with van der Waals surface area (Å²) in [5.41, 5.74) is 2.94. The third-order valence-corrected chi connectivity index (χ3v) is 4.72. The Labute approximate surface area is 145 Å². The van der Waals surface area contributed by atoms with Crippen LogP contribution in [0.4, 0.5) is 0 Å². The molecule has 0 spiro atoms. The minimum atomic E-state index is -0.566. The van der Waals surface area contributed by atoms with Crippen molar-refractivity contribution in [1.29, 1.82) is 0 Å². The van der Waals surface area contributed by atoms with E-state index >= 15 is 0 Å². The maximum atomic E-state index is 12.1. The fourth-order valence-corrected chi connectivity index (χ4v) is 3.19. The van der Waals surface area contributed by atoms with Gasteiger partial charge in [0.05, 0.1) is 11.6 Å². The molecule has 5 heteroatoms. The van der Waals surface area contributed by atoms with Crippen molar-refractivity contribution in [2.45, 2.75) is 25.2 Å². The number of hydrogen-bond acceptors (Lipinski definition) is 4. The van der Waals surface area contributed by atoms with Gasteiger partial charge in [0.2, 0.25) is 0 Å². The van der Waals surface area contributed by atoms with Gasteiger partial charge in [-0.1, -0.05) is 42.8 Å². The Bertz CT molecular complexity index is 711. The number of hydrogen-bond donors (Lipinski definition) is 1. The molecule has 0 radical (unpaired) electrons. The summed E-state index contributed by atoms with van der Waals surface area (Å²) in [6.45, 7) is 4.05. The summed E-state index contributed by atoms with van der Waals surface area (Å²) in [6, 6.07) is 9.81. The number of carbonyl (C=O) groups excluding carboxylic acids is 1. The number of carbonyl (C=O) groups is 1. The Morgan fingerprint density at radius 1 is 1.26 bits per heavy atom. The molecule has 0 amide bonds. The van der Waals surface area contributed by atoms with E-state index < -0.39 is 5.97 Å². The number of rotatable bonds is 5. The SMILES string of the molecule is CCOC(=O)c1c(SC)cc(-c2ccc(CC)cc2)c(Cl)c1O. The molecule has 0 heterocycles. The number of halogens is 1. The molecular formula is C18H19ClO3S. The van der Waals surface area contributed by atoms with Gasteiger partial charge in [-0.25, -0.2) is 4.79 Å². The molecule has 0 saturated carbocycles. The van der Waals surface area contributed by atoms with Gasteiger partial charge in [-0.2, -0.15) is 0 Å². The average molecular weight is 351 g/mol. The Morgan fingerprint density at radius 2 is 1.91 bits per heavy atom. The number of thioether (sulfide) groups is 1. The predicted molar refractivity (Wildman–Crippen MR) is 95.7 cm³/mol. The number of aryl methyl sites for hydroxylation is 1. The number of phenols is 1. The highest BCUT2D eigenvalue weighted by Gasteiger charge is 2.23. The van der Waals surface area contributed by atoms with Gasteiger partial charge in [-0.15, -0.1) is 11.8 Å². The van der Waals surface area contributed by atoms with Crippen LogP contribution >= 0.6 is 23.4 Å². The van der Waals surface area contributed by atoms with Crippen LogP contribution in [0.3, 0.4) is 0 Å². The smallest absolute Gasteiger partial charge is 0.343 e. The molecular weight excluding hydrogens is 332 g/mol. The normalized spacial score (nSPS) is 10.6. The van der Waals surface area contributed by atoms with Gasteiger partial charge in [0.15, 0.2) is 0 Å². The van der Waals surface area contributed by atoms with E-state index in [1.165, 1.54) is 17.3 Å². The van der Waals surface area contributed by atoms with E-state index in [1.54, 1.807) is 6.92 Å². The fraction of sp³-hybridized carbons (Fsp3) is 0.278. The second kappa shape index (κ2) is 7.75. The van der Waals surface area contributed by atoms with Crippen molar-refractivity contribution in [3.8, 4) is 16.9 Å². The zero-order valence-electron chi connectivity index (χ0n) is 13.4. The van der Waals surface area contributed by atoms with Gasteiger partial charge in [-0.05, 0) is 36.8 Å². The highest BCUT2D eigenvalue weighted by Crippen LogP contribution is 2.42. The average Bonchev–Trinajstić information content (AvgIpc) is 2.57.